The number of rotatable bonds is 3. The lowest BCUT2D eigenvalue weighted by atomic mass is 10.4. The van der Waals surface area contributed by atoms with Gasteiger partial charge in [0.05, 0.1) is 5.75 Å². The van der Waals surface area contributed by atoms with E-state index in [2.05, 4.69) is 5.16 Å². The Balaban J connectivity index is 3.45. The lowest BCUT2D eigenvalue weighted by molar-refractivity contribution is -0.116. The highest BCUT2D eigenvalue weighted by Gasteiger charge is 1.99. The van der Waals surface area contributed by atoms with Gasteiger partial charge >= 0.3 is 0 Å². The van der Waals surface area contributed by atoms with Crippen LogP contribution in [0.2, 0.25) is 0 Å². The third kappa shape index (κ3) is 4.38. The fourth-order valence-electron chi connectivity index (χ4n) is 0.316. The van der Waals surface area contributed by atoms with Crippen LogP contribution in [0.4, 0.5) is 0 Å². The van der Waals surface area contributed by atoms with Gasteiger partial charge in [0.25, 0.3) is 0 Å². The second-order valence-corrected chi connectivity index (χ2v) is 2.97. The molecule has 0 aliphatic carbocycles. The van der Waals surface area contributed by atoms with Gasteiger partial charge < -0.3 is 5.21 Å². The van der Waals surface area contributed by atoms with Crippen LogP contribution in [0.3, 0.4) is 0 Å². The number of carbonyl (C=O) groups excluding carboxylic acids is 1. The molecule has 0 aliphatic heterocycles. The zero-order chi connectivity index (χ0) is 7.98. The Labute approximate surface area is 64.5 Å². The Kier molecular flexibility index (Phi) is 5.02. The van der Waals surface area contributed by atoms with E-state index in [0.717, 1.165) is 0 Å². The first kappa shape index (κ1) is 9.49. The van der Waals surface area contributed by atoms with Gasteiger partial charge in [-0.3, -0.25) is 4.79 Å². The van der Waals surface area contributed by atoms with Crippen LogP contribution in [-0.2, 0) is 4.79 Å². The predicted octanol–water partition coefficient (Wildman–Crippen LogP) is 1.51. The second-order valence-electron chi connectivity index (χ2n) is 1.80. The number of thioether (sulfide) groups is 1. The van der Waals surface area contributed by atoms with Gasteiger partial charge in [-0.1, -0.05) is 23.8 Å². The summed E-state index contributed by atoms with van der Waals surface area (Å²) in [5.74, 6) is 0.583. The van der Waals surface area contributed by atoms with E-state index >= 15 is 0 Å². The normalized spacial score (nSPS) is 11.6. The molecule has 0 rings (SSSR count). The standard InChI is InChI=1S/C6H11NO2S/c1-3-6(8)4-10-5(2)7-9/h9H,3-4H2,1-2H3/b7-5-. The summed E-state index contributed by atoms with van der Waals surface area (Å²) in [5, 5.41) is 11.6. The summed E-state index contributed by atoms with van der Waals surface area (Å²) >= 11 is 1.26. The molecule has 0 heterocycles. The molecule has 0 radical (unpaired) electrons. The topological polar surface area (TPSA) is 49.7 Å². The summed E-state index contributed by atoms with van der Waals surface area (Å²) < 4.78 is 0. The molecule has 0 saturated carbocycles. The minimum absolute atomic E-state index is 0.174. The van der Waals surface area contributed by atoms with Crippen LogP contribution in [0.1, 0.15) is 20.3 Å². The Hall–Kier alpha value is -0.510. The van der Waals surface area contributed by atoms with Crippen molar-refractivity contribution in [2.45, 2.75) is 20.3 Å². The van der Waals surface area contributed by atoms with Crippen molar-refractivity contribution < 1.29 is 10.0 Å². The van der Waals surface area contributed by atoms with E-state index in [0.29, 0.717) is 17.2 Å². The van der Waals surface area contributed by atoms with Crippen molar-refractivity contribution in [3.8, 4) is 0 Å². The maximum absolute atomic E-state index is 10.7. The average Bonchev–Trinajstić information content (AvgIpc) is 1.99. The summed E-state index contributed by atoms with van der Waals surface area (Å²) in [7, 11) is 0. The highest BCUT2D eigenvalue weighted by molar-refractivity contribution is 8.14. The minimum atomic E-state index is 0.174. The number of Topliss-reactive ketones (excluding diaryl/α,β-unsaturated/α-hetero) is 1. The summed E-state index contributed by atoms with van der Waals surface area (Å²) in [6, 6.07) is 0. The highest BCUT2D eigenvalue weighted by atomic mass is 32.2. The van der Waals surface area contributed by atoms with Crippen molar-refractivity contribution in [1.82, 2.24) is 0 Å². The smallest absolute Gasteiger partial charge is 0.142 e. The van der Waals surface area contributed by atoms with Crippen LogP contribution >= 0.6 is 11.8 Å². The molecular formula is C6H11NO2S. The quantitative estimate of drug-likeness (QED) is 0.295. The molecule has 0 amide bonds. The first-order valence-corrected chi connectivity index (χ1v) is 4.02. The zero-order valence-electron chi connectivity index (χ0n) is 6.13. The van der Waals surface area contributed by atoms with E-state index in [1.54, 1.807) is 6.92 Å². The molecule has 0 saturated heterocycles. The van der Waals surface area contributed by atoms with Gasteiger partial charge in [-0.25, -0.2) is 0 Å². The Morgan fingerprint density at radius 1 is 1.70 bits per heavy atom. The lowest BCUT2D eigenvalue weighted by Gasteiger charge is -1.94. The van der Waals surface area contributed by atoms with E-state index in [1.165, 1.54) is 11.8 Å². The highest BCUT2D eigenvalue weighted by Crippen LogP contribution is 2.03. The Morgan fingerprint density at radius 3 is 2.70 bits per heavy atom. The summed E-state index contributed by atoms with van der Waals surface area (Å²) in [4.78, 5) is 10.7. The number of hydrogen-bond acceptors (Lipinski definition) is 4. The zero-order valence-corrected chi connectivity index (χ0v) is 6.94. The molecule has 3 nitrogen and oxygen atoms in total. The number of hydrogen-bond donors (Lipinski definition) is 1. The van der Waals surface area contributed by atoms with Crippen LogP contribution in [0, 0.1) is 0 Å². The van der Waals surface area contributed by atoms with Crippen LogP contribution < -0.4 is 0 Å². The third-order valence-electron chi connectivity index (χ3n) is 0.977. The number of carbonyl (C=O) groups is 1. The van der Waals surface area contributed by atoms with Crippen LogP contribution in [0.5, 0.6) is 0 Å². The van der Waals surface area contributed by atoms with E-state index < -0.39 is 0 Å². The van der Waals surface area contributed by atoms with Crippen LogP contribution in [0.25, 0.3) is 0 Å². The van der Waals surface area contributed by atoms with E-state index in [9.17, 15) is 4.79 Å². The predicted molar refractivity (Wildman–Crippen MR) is 42.7 cm³/mol. The van der Waals surface area contributed by atoms with E-state index in [1.807, 2.05) is 6.92 Å². The van der Waals surface area contributed by atoms with Crippen molar-refractivity contribution in [2.75, 3.05) is 5.75 Å². The Bertz CT molecular complexity index is 145. The average molecular weight is 161 g/mol. The van der Waals surface area contributed by atoms with Gasteiger partial charge in [0, 0.05) is 6.42 Å². The molecule has 0 aliphatic rings. The summed E-state index contributed by atoms with van der Waals surface area (Å²) in [5.41, 5.74) is 0. The molecule has 0 unspecified atom stereocenters. The molecule has 58 valence electrons. The van der Waals surface area contributed by atoms with Gasteiger partial charge in [-0.05, 0) is 6.92 Å². The van der Waals surface area contributed by atoms with E-state index in [4.69, 9.17) is 5.21 Å². The maximum atomic E-state index is 10.7. The van der Waals surface area contributed by atoms with E-state index in [-0.39, 0.29) is 5.78 Å². The molecule has 4 heteroatoms. The van der Waals surface area contributed by atoms with Crippen molar-refractivity contribution in [2.24, 2.45) is 5.16 Å². The Morgan fingerprint density at radius 2 is 2.30 bits per heavy atom. The third-order valence-corrected chi connectivity index (χ3v) is 1.94. The van der Waals surface area contributed by atoms with Gasteiger partial charge in [0.2, 0.25) is 0 Å². The SMILES string of the molecule is CCC(=O)CS/C(C)=N\O. The van der Waals surface area contributed by atoms with Crippen LogP contribution in [-0.4, -0.2) is 21.8 Å². The van der Waals surface area contributed by atoms with Crippen LogP contribution in [0.15, 0.2) is 5.16 Å². The first-order valence-electron chi connectivity index (χ1n) is 3.03. The van der Waals surface area contributed by atoms with Crippen molar-refractivity contribution in [1.29, 1.82) is 0 Å². The number of nitrogens with zero attached hydrogens (tertiary/aromatic N) is 1. The molecule has 0 fully saturated rings. The van der Waals surface area contributed by atoms with Gasteiger partial charge in [-0.15, -0.1) is 0 Å². The molecule has 1 N–H and O–H groups in total. The molecule has 0 aromatic rings. The number of oxime groups is 1. The molecule has 0 atom stereocenters. The molecule has 10 heavy (non-hydrogen) atoms. The molecule has 0 bridgehead atoms. The van der Waals surface area contributed by atoms with Gasteiger partial charge in [-0.2, -0.15) is 0 Å². The van der Waals surface area contributed by atoms with Crippen molar-refractivity contribution >= 4 is 22.6 Å². The largest absolute Gasteiger partial charge is 0.410 e. The molecule has 0 aromatic heterocycles. The van der Waals surface area contributed by atoms with Crippen molar-refractivity contribution in [3.05, 3.63) is 0 Å². The minimum Gasteiger partial charge on any atom is -0.410 e. The fourth-order valence-corrected chi connectivity index (χ4v) is 0.948. The summed E-state index contributed by atoms with van der Waals surface area (Å²) in [6.45, 7) is 3.47. The summed E-state index contributed by atoms with van der Waals surface area (Å²) in [6.07, 6.45) is 0.547. The number of ketones is 1. The first-order chi connectivity index (χ1) is 4.70. The second kappa shape index (κ2) is 5.29. The van der Waals surface area contributed by atoms with Gasteiger partial charge in [0.15, 0.2) is 0 Å². The molecule has 0 spiro atoms. The monoisotopic (exact) mass is 161 g/mol. The molecular weight excluding hydrogens is 150 g/mol. The lowest BCUT2D eigenvalue weighted by Crippen LogP contribution is -2.00. The maximum Gasteiger partial charge on any atom is 0.142 e. The van der Waals surface area contributed by atoms with Crippen molar-refractivity contribution in [3.63, 3.8) is 0 Å². The molecule has 0 aromatic carbocycles. The fraction of sp³-hybridized carbons (Fsp3) is 0.667. The van der Waals surface area contributed by atoms with Gasteiger partial charge in [0.1, 0.15) is 10.8 Å².